The van der Waals surface area contributed by atoms with E-state index in [0.717, 1.165) is 11.8 Å². The second-order valence-electron chi connectivity index (χ2n) is 4.19. The fourth-order valence-electron chi connectivity index (χ4n) is 2.07. The standard InChI is InChI=1S/C13H11ClN2O2S/c1-8(17)19-9-5-13(18)16(7-9)12-4-2-3-11(14)10(12)6-15/h2-4,9H,5,7H2,1H3. The molecule has 0 aromatic heterocycles. The summed E-state index contributed by atoms with van der Waals surface area (Å²) in [6.07, 6.45) is 0.307. The summed E-state index contributed by atoms with van der Waals surface area (Å²) in [6, 6.07) is 7.04. The van der Waals surface area contributed by atoms with Crippen molar-refractivity contribution < 1.29 is 9.59 Å². The number of nitrogens with zero attached hydrogens (tertiary/aromatic N) is 2. The number of rotatable bonds is 2. The minimum atomic E-state index is -0.0856. The minimum Gasteiger partial charge on any atom is -0.310 e. The van der Waals surface area contributed by atoms with Crippen LogP contribution in [0.15, 0.2) is 18.2 Å². The van der Waals surface area contributed by atoms with Crippen LogP contribution in [0, 0.1) is 11.3 Å². The quantitative estimate of drug-likeness (QED) is 0.841. The van der Waals surface area contributed by atoms with Gasteiger partial charge in [-0.25, -0.2) is 0 Å². The Morgan fingerprint density at radius 2 is 2.32 bits per heavy atom. The molecule has 1 heterocycles. The van der Waals surface area contributed by atoms with Crippen LogP contribution in [-0.4, -0.2) is 22.8 Å². The Bertz CT molecular complexity index is 582. The maximum Gasteiger partial charge on any atom is 0.228 e. The van der Waals surface area contributed by atoms with Crippen molar-refractivity contribution >= 4 is 40.1 Å². The topological polar surface area (TPSA) is 61.2 Å². The van der Waals surface area contributed by atoms with Crippen LogP contribution in [0.25, 0.3) is 0 Å². The van der Waals surface area contributed by atoms with E-state index in [2.05, 4.69) is 0 Å². The van der Waals surface area contributed by atoms with Crippen molar-refractivity contribution in [1.82, 2.24) is 0 Å². The van der Waals surface area contributed by atoms with Crippen molar-refractivity contribution in [3.63, 3.8) is 0 Å². The molecule has 0 bridgehead atoms. The SMILES string of the molecule is CC(=O)SC1CC(=O)N(c2cccc(Cl)c2C#N)C1. The summed E-state index contributed by atoms with van der Waals surface area (Å²) in [5, 5.41) is 9.39. The Hall–Kier alpha value is -1.51. The molecule has 98 valence electrons. The fraction of sp³-hybridized carbons (Fsp3) is 0.308. The molecular weight excluding hydrogens is 284 g/mol. The number of nitriles is 1. The van der Waals surface area contributed by atoms with Crippen molar-refractivity contribution in [2.75, 3.05) is 11.4 Å². The highest BCUT2D eigenvalue weighted by atomic mass is 35.5. The van der Waals surface area contributed by atoms with Crippen LogP contribution in [0.4, 0.5) is 5.69 Å². The first-order chi connectivity index (χ1) is 9.02. The van der Waals surface area contributed by atoms with Crippen molar-refractivity contribution in [3.05, 3.63) is 28.8 Å². The van der Waals surface area contributed by atoms with Crippen LogP contribution in [0.3, 0.4) is 0 Å². The van der Waals surface area contributed by atoms with Crippen molar-refractivity contribution in [2.24, 2.45) is 0 Å². The third-order valence-corrected chi connectivity index (χ3v) is 4.11. The first kappa shape index (κ1) is 13.9. The van der Waals surface area contributed by atoms with Gasteiger partial charge in [-0.15, -0.1) is 0 Å². The van der Waals surface area contributed by atoms with E-state index in [4.69, 9.17) is 16.9 Å². The monoisotopic (exact) mass is 294 g/mol. The first-order valence-corrected chi connectivity index (χ1v) is 6.95. The summed E-state index contributed by atoms with van der Waals surface area (Å²) < 4.78 is 0. The van der Waals surface area contributed by atoms with E-state index in [-0.39, 0.29) is 16.3 Å². The molecule has 1 fully saturated rings. The Kier molecular flexibility index (Phi) is 4.13. The summed E-state index contributed by atoms with van der Waals surface area (Å²) in [4.78, 5) is 24.6. The maximum atomic E-state index is 12.0. The van der Waals surface area contributed by atoms with Gasteiger partial charge in [-0.1, -0.05) is 29.4 Å². The number of thioether (sulfide) groups is 1. The van der Waals surface area contributed by atoms with E-state index < -0.39 is 0 Å². The van der Waals surface area contributed by atoms with E-state index in [0.29, 0.717) is 29.2 Å². The van der Waals surface area contributed by atoms with E-state index in [1.807, 2.05) is 6.07 Å². The molecular formula is C13H11ClN2O2S. The number of carbonyl (C=O) groups excluding carboxylic acids is 2. The molecule has 0 radical (unpaired) electrons. The third kappa shape index (κ3) is 2.91. The molecule has 0 aliphatic carbocycles. The molecule has 2 rings (SSSR count). The largest absolute Gasteiger partial charge is 0.310 e. The fourth-order valence-corrected chi connectivity index (χ4v) is 3.20. The molecule has 19 heavy (non-hydrogen) atoms. The highest BCUT2D eigenvalue weighted by Gasteiger charge is 2.33. The van der Waals surface area contributed by atoms with Gasteiger partial charge in [0.15, 0.2) is 5.12 Å². The normalized spacial score (nSPS) is 18.5. The second kappa shape index (κ2) is 5.64. The lowest BCUT2D eigenvalue weighted by molar-refractivity contribution is -0.117. The Morgan fingerprint density at radius 1 is 1.58 bits per heavy atom. The number of benzene rings is 1. The van der Waals surface area contributed by atoms with Gasteiger partial charge in [-0.3, -0.25) is 9.59 Å². The number of halogens is 1. The molecule has 1 amide bonds. The number of anilines is 1. The van der Waals surface area contributed by atoms with E-state index in [9.17, 15) is 9.59 Å². The van der Waals surface area contributed by atoms with Crippen LogP contribution in [0.5, 0.6) is 0 Å². The summed E-state index contributed by atoms with van der Waals surface area (Å²) in [5.74, 6) is -0.0856. The number of amides is 1. The molecule has 1 aliphatic rings. The van der Waals surface area contributed by atoms with Crippen LogP contribution < -0.4 is 4.90 Å². The minimum absolute atomic E-state index is 0.00810. The van der Waals surface area contributed by atoms with Gasteiger partial charge in [0, 0.05) is 25.1 Å². The van der Waals surface area contributed by atoms with Gasteiger partial charge < -0.3 is 4.90 Å². The third-order valence-electron chi connectivity index (χ3n) is 2.82. The van der Waals surface area contributed by atoms with Gasteiger partial charge in [0.25, 0.3) is 0 Å². The lowest BCUT2D eigenvalue weighted by atomic mass is 10.2. The Balaban J connectivity index is 2.29. The van der Waals surface area contributed by atoms with Crippen LogP contribution in [-0.2, 0) is 9.59 Å². The maximum absolute atomic E-state index is 12.0. The molecule has 0 spiro atoms. The molecule has 6 heteroatoms. The van der Waals surface area contributed by atoms with Crippen molar-refractivity contribution in [3.8, 4) is 6.07 Å². The molecule has 1 saturated heterocycles. The lowest BCUT2D eigenvalue weighted by Gasteiger charge is -2.18. The molecule has 0 saturated carbocycles. The smallest absolute Gasteiger partial charge is 0.228 e. The summed E-state index contributed by atoms with van der Waals surface area (Å²) in [6.45, 7) is 1.91. The van der Waals surface area contributed by atoms with Gasteiger partial charge in [0.05, 0.1) is 16.3 Å². The Labute approximate surface area is 120 Å². The predicted octanol–water partition coefficient (Wildman–Crippen LogP) is 2.60. The van der Waals surface area contributed by atoms with E-state index >= 15 is 0 Å². The van der Waals surface area contributed by atoms with Gasteiger partial charge in [0.1, 0.15) is 6.07 Å². The van der Waals surface area contributed by atoms with Gasteiger partial charge in [-0.05, 0) is 12.1 Å². The number of hydrogen-bond acceptors (Lipinski definition) is 4. The molecule has 1 aromatic rings. The van der Waals surface area contributed by atoms with E-state index in [1.165, 1.54) is 11.8 Å². The second-order valence-corrected chi connectivity index (χ2v) is 6.07. The molecule has 1 unspecified atom stereocenters. The zero-order valence-corrected chi connectivity index (χ0v) is 11.8. The Morgan fingerprint density at radius 3 is 2.95 bits per heavy atom. The molecule has 4 nitrogen and oxygen atoms in total. The molecule has 1 aromatic carbocycles. The molecule has 0 N–H and O–H groups in total. The van der Waals surface area contributed by atoms with Crippen LogP contribution in [0.1, 0.15) is 18.9 Å². The van der Waals surface area contributed by atoms with Crippen LogP contribution >= 0.6 is 23.4 Å². The zero-order chi connectivity index (χ0) is 14.0. The highest BCUT2D eigenvalue weighted by Crippen LogP contribution is 2.33. The average Bonchev–Trinajstić information content (AvgIpc) is 2.68. The lowest BCUT2D eigenvalue weighted by Crippen LogP contribution is -2.25. The summed E-state index contributed by atoms with van der Waals surface area (Å²) in [5.41, 5.74) is 0.817. The van der Waals surface area contributed by atoms with E-state index in [1.54, 1.807) is 18.2 Å². The van der Waals surface area contributed by atoms with Gasteiger partial charge in [-0.2, -0.15) is 5.26 Å². The van der Waals surface area contributed by atoms with Crippen LogP contribution in [0.2, 0.25) is 5.02 Å². The predicted molar refractivity (Wildman–Crippen MR) is 75.2 cm³/mol. The first-order valence-electron chi connectivity index (χ1n) is 5.69. The molecule has 1 atom stereocenters. The molecule has 1 aliphatic heterocycles. The van der Waals surface area contributed by atoms with Gasteiger partial charge in [0.2, 0.25) is 5.91 Å². The van der Waals surface area contributed by atoms with Crippen molar-refractivity contribution in [1.29, 1.82) is 5.26 Å². The zero-order valence-electron chi connectivity index (χ0n) is 10.2. The number of carbonyl (C=O) groups is 2. The number of hydrogen-bond donors (Lipinski definition) is 0. The highest BCUT2D eigenvalue weighted by molar-refractivity contribution is 8.14. The summed E-state index contributed by atoms with van der Waals surface area (Å²) in [7, 11) is 0. The van der Waals surface area contributed by atoms with Crippen molar-refractivity contribution in [2.45, 2.75) is 18.6 Å². The van der Waals surface area contributed by atoms with Gasteiger partial charge >= 0.3 is 0 Å². The summed E-state index contributed by atoms with van der Waals surface area (Å²) >= 11 is 7.12. The average molecular weight is 295 g/mol.